The molecule has 0 aliphatic carbocycles. The van der Waals surface area contributed by atoms with Crippen LogP contribution in [-0.2, 0) is 6.42 Å². The highest BCUT2D eigenvalue weighted by atomic mass is 16.4. The number of unbranched alkanes of at least 4 members (excludes halogenated alkanes) is 2. The maximum absolute atomic E-state index is 5.68. The van der Waals surface area contributed by atoms with E-state index in [-0.39, 0.29) is 0 Å². The summed E-state index contributed by atoms with van der Waals surface area (Å²) in [4.78, 5) is 0. The fourth-order valence-electron chi connectivity index (χ4n) is 1.61. The third-order valence-electron chi connectivity index (χ3n) is 2.45. The molecule has 2 nitrogen and oxygen atoms in total. The minimum atomic E-state index is 0.803. The molecule has 0 atom stereocenters. The SMILES string of the molecule is CCCCCc1ccc(-c2ccco2)o1. The zero-order valence-corrected chi connectivity index (χ0v) is 9.03. The van der Waals surface area contributed by atoms with Crippen molar-refractivity contribution in [3.63, 3.8) is 0 Å². The summed E-state index contributed by atoms with van der Waals surface area (Å²) in [6.07, 6.45) is 6.38. The van der Waals surface area contributed by atoms with Crippen molar-refractivity contribution in [2.24, 2.45) is 0 Å². The van der Waals surface area contributed by atoms with Crippen LogP contribution in [0.3, 0.4) is 0 Å². The average molecular weight is 204 g/mol. The molecule has 0 saturated heterocycles. The fraction of sp³-hybridized carbons (Fsp3) is 0.385. The van der Waals surface area contributed by atoms with Gasteiger partial charge in [-0.15, -0.1) is 0 Å². The van der Waals surface area contributed by atoms with Gasteiger partial charge in [0.2, 0.25) is 0 Å². The predicted octanol–water partition coefficient (Wildman–Crippen LogP) is 4.27. The molecule has 0 aliphatic heterocycles. The molecular formula is C13H16O2. The molecule has 0 spiro atoms. The van der Waals surface area contributed by atoms with Gasteiger partial charge in [-0.2, -0.15) is 0 Å². The smallest absolute Gasteiger partial charge is 0.169 e. The predicted molar refractivity (Wildman–Crippen MR) is 59.6 cm³/mol. The highest BCUT2D eigenvalue weighted by Gasteiger charge is 2.06. The van der Waals surface area contributed by atoms with Gasteiger partial charge in [-0.05, 0) is 30.7 Å². The van der Waals surface area contributed by atoms with Crippen molar-refractivity contribution in [1.29, 1.82) is 0 Å². The maximum atomic E-state index is 5.68. The molecule has 0 radical (unpaired) electrons. The van der Waals surface area contributed by atoms with Crippen LogP contribution < -0.4 is 0 Å². The molecular weight excluding hydrogens is 188 g/mol. The summed E-state index contributed by atoms with van der Waals surface area (Å²) >= 11 is 0. The van der Waals surface area contributed by atoms with Gasteiger partial charge < -0.3 is 8.83 Å². The first kappa shape index (κ1) is 10.1. The van der Waals surface area contributed by atoms with E-state index in [2.05, 4.69) is 6.92 Å². The van der Waals surface area contributed by atoms with E-state index < -0.39 is 0 Å². The molecule has 2 heterocycles. The van der Waals surface area contributed by atoms with Gasteiger partial charge in [-0.3, -0.25) is 0 Å². The minimum absolute atomic E-state index is 0.803. The first-order valence-electron chi connectivity index (χ1n) is 5.52. The van der Waals surface area contributed by atoms with Crippen LogP contribution in [0.25, 0.3) is 11.5 Å². The van der Waals surface area contributed by atoms with Crippen LogP contribution in [0.5, 0.6) is 0 Å². The lowest BCUT2D eigenvalue weighted by atomic mass is 10.2. The van der Waals surface area contributed by atoms with E-state index in [0.717, 1.165) is 23.7 Å². The highest BCUT2D eigenvalue weighted by Crippen LogP contribution is 2.23. The van der Waals surface area contributed by atoms with Crippen molar-refractivity contribution in [1.82, 2.24) is 0 Å². The fourth-order valence-corrected chi connectivity index (χ4v) is 1.61. The average Bonchev–Trinajstić information content (AvgIpc) is 2.87. The van der Waals surface area contributed by atoms with Crippen molar-refractivity contribution in [2.45, 2.75) is 32.6 Å². The minimum Gasteiger partial charge on any atom is -0.461 e. The second-order valence-corrected chi connectivity index (χ2v) is 3.70. The van der Waals surface area contributed by atoms with Gasteiger partial charge in [0.1, 0.15) is 5.76 Å². The van der Waals surface area contributed by atoms with Gasteiger partial charge in [-0.25, -0.2) is 0 Å². The lowest BCUT2D eigenvalue weighted by molar-refractivity contribution is 0.483. The van der Waals surface area contributed by atoms with Crippen molar-refractivity contribution in [2.75, 3.05) is 0 Å². The molecule has 0 bridgehead atoms. The Morgan fingerprint density at radius 1 is 1.07 bits per heavy atom. The van der Waals surface area contributed by atoms with Crippen LogP contribution in [-0.4, -0.2) is 0 Å². The monoisotopic (exact) mass is 204 g/mol. The Morgan fingerprint density at radius 3 is 2.73 bits per heavy atom. The van der Waals surface area contributed by atoms with Crippen molar-refractivity contribution < 1.29 is 8.83 Å². The van der Waals surface area contributed by atoms with Gasteiger partial charge in [-0.1, -0.05) is 19.8 Å². The van der Waals surface area contributed by atoms with Crippen LogP contribution in [0, 0.1) is 0 Å². The highest BCUT2D eigenvalue weighted by molar-refractivity contribution is 5.49. The van der Waals surface area contributed by atoms with Crippen LogP contribution in [0.1, 0.15) is 31.9 Å². The Bertz CT molecular complexity index is 384. The zero-order valence-electron chi connectivity index (χ0n) is 9.03. The molecule has 2 aromatic rings. The van der Waals surface area contributed by atoms with E-state index in [1.165, 1.54) is 19.3 Å². The summed E-state index contributed by atoms with van der Waals surface area (Å²) < 4.78 is 10.9. The Morgan fingerprint density at radius 2 is 2.00 bits per heavy atom. The Kier molecular flexibility index (Phi) is 3.28. The van der Waals surface area contributed by atoms with E-state index in [0.29, 0.717) is 0 Å². The largest absolute Gasteiger partial charge is 0.461 e. The standard InChI is InChI=1S/C13H16O2/c1-2-3-4-6-11-8-9-13(15-11)12-7-5-10-14-12/h5,7-10H,2-4,6H2,1H3. The van der Waals surface area contributed by atoms with E-state index >= 15 is 0 Å². The van der Waals surface area contributed by atoms with Crippen molar-refractivity contribution in [3.8, 4) is 11.5 Å². The molecule has 0 saturated carbocycles. The molecule has 0 fully saturated rings. The molecule has 80 valence electrons. The van der Waals surface area contributed by atoms with E-state index in [1.807, 2.05) is 24.3 Å². The summed E-state index contributed by atoms with van der Waals surface area (Å²) in [5, 5.41) is 0. The number of rotatable bonds is 5. The second-order valence-electron chi connectivity index (χ2n) is 3.70. The molecule has 0 aliphatic rings. The summed E-state index contributed by atoms with van der Waals surface area (Å²) in [5.74, 6) is 2.68. The van der Waals surface area contributed by atoms with Gasteiger partial charge in [0, 0.05) is 6.42 Å². The molecule has 0 amide bonds. The quantitative estimate of drug-likeness (QED) is 0.680. The molecule has 0 aromatic carbocycles. The van der Waals surface area contributed by atoms with Gasteiger partial charge in [0.05, 0.1) is 6.26 Å². The topological polar surface area (TPSA) is 26.3 Å². The summed E-state index contributed by atoms with van der Waals surface area (Å²) in [5.41, 5.74) is 0. The summed E-state index contributed by atoms with van der Waals surface area (Å²) in [6.45, 7) is 2.20. The van der Waals surface area contributed by atoms with Gasteiger partial charge in [0.25, 0.3) is 0 Å². The van der Waals surface area contributed by atoms with Gasteiger partial charge >= 0.3 is 0 Å². The Hall–Kier alpha value is -1.44. The normalized spacial score (nSPS) is 10.7. The molecule has 2 heteroatoms. The number of hydrogen-bond donors (Lipinski definition) is 0. The van der Waals surface area contributed by atoms with Crippen molar-refractivity contribution in [3.05, 3.63) is 36.3 Å². The number of furan rings is 2. The maximum Gasteiger partial charge on any atom is 0.169 e. The zero-order chi connectivity index (χ0) is 10.5. The number of hydrogen-bond acceptors (Lipinski definition) is 2. The van der Waals surface area contributed by atoms with Crippen LogP contribution in [0.2, 0.25) is 0 Å². The van der Waals surface area contributed by atoms with Crippen LogP contribution in [0.15, 0.2) is 39.4 Å². The van der Waals surface area contributed by atoms with E-state index in [9.17, 15) is 0 Å². The molecule has 0 unspecified atom stereocenters. The van der Waals surface area contributed by atoms with Crippen molar-refractivity contribution >= 4 is 0 Å². The van der Waals surface area contributed by atoms with E-state index in [4.69, 9.17) is 8.83 Å². The Balaban J connectivity index is 1.98. The first-order chi connectivity index (χ1) is 7.40. The third kappa shape index (κ3) is 2.52. The number of aryl methyl sites for hydroxylation is 1. The third-order valence-corrected chi connectivity index (χ3v) is 2.45. The lowest BCUT2D eigenvalue weighted by Crippen LogP contribution is -1.80. The summed E-state index contributed by atoms with van der Waals surface area (Å²) in [7, 11) is 0. The van der Waals surface area contributed by atoms with Crippen LogP contribution >= 0.6 is 0 Å². The summed E-state index contributed by atoms with van der Waals surface area (Å²) in [6, 6.07) is 7.79. The molecule has 15 heavy (non-hydrogen) atoms. The lowest BCUT2D eigenvalue weighted by Gasteiger charge is -1.95. The molecule has 2 aromatic heterocycles. The van der Waals surface area contributed by atoms with E-state index in [1.54, 1.807) is 6.26 Å². The second kappa shape index (κ2) is 4.87. The van der Waals surface area contributed by atoms with Crippen LogP contribution in [0.4, 0.5) is 0 Å². The molecule has 0 N–H and O–H groups in total. The van der Waals surface area contributed by atoms with Gasteiger partial charge in [0.15, 0.2) is 11.5 Å². The molecule has 2 rings (SSSR count). The Labute approximate surface area is 89.9 Å². The first-order valence-corrected chi connectivity index (χ1v) is 5.52.